The van der Waals surface area contributed by atoms with Gasteiger partial charge in [-0.1, -0.05) is 17.7 Å². The monoisotopic (exact) mass is 329 g/mol. The van der Waals surface area contributed by atoms with Crippen molar-refractivity contribution in [3.05, 3.63) is 47.5 Å². The van der Waals surface area contributed by atoms with Crippen LogP contribution in [0.1, 0.15) is 12.8 Å². The Bertz CT molecular complexity index is 917. The summed E-state index contributed by atoms with van der Waals surface area (Å²) in [6.07, 6.45) is 5.31. The molecule has 0 bridgehead atoms. The van der Waals surface area contributed by atoms with E-state index in [0.29, 0.717) is 0 Å². The van der Waals surface area contributed by atoms with Crippen molar-refractivity contribution in [2.75, 3.05) is 0 Å². The van der Waals surface area contributed by atoms with Gasteiger partial charge in [0.1, 0.15) is 17.9 Å². The minimum Gasteiger partial charge on any atom is -0.297 e. The van der Waals surface area contributed by atoms with E-state index in [1.807, 2.05) is 6.07 Å². The molecule has 2 aromatic heterocycles. The van der Waals surface area contributed by atoms with Crippen LogP contribution < -0.4 is 0 Å². The summed E-state index contributed by atoms with van der Waals surface area (Å²) < 4.78 is 15.0. The molecule has 0 N–H and O–H groups in total. The normalized spacial score (nSPS) is 14.3. The number of carbonyl (C=O) groups is 1. The zero-order valence-corrected chi connectivity index (χ0v) is 12.9. The van der Waals surface area contributed by atoms with Crippen LogP contribution in [0.4, 0.5) is 4.39 Å². The molecule has 2 heterocycles. The van der Waals surface area contributed by atoms with Gasteiger partial charge < -0.3 is 0 Å². The molecule has 0 unspecified atom stereocenters. The Morgan fingerprint density at radius 1 is 1.26 bits per heavy atom. The third kappa shape index (κ3) is 2.72. The first kappa shape index (κ1) is 14.3. The molecular formula is C17H13ClFN3O. The van der Waals surface area contributed by atoms with E-state index < -0.39 is 5.82 Å². The van der Waals surface area contributed by atoms with Crippen LogP contribution in [0.15, 0.2) is 36.7 Å². The summed E-state index contributed by atoms with van der Waals surface area (Å²) in [6.45, 7) is 0.267. The molecule has 0 saturated heterocycles. The van der Waals surface area contributed by atoms with E-state index in [4.69, 9.17) is 11.6 Å². The van der Waals surface area contributed by atoms with E-state index >= 15 is 0 Å². The quantitative estimate of drug-likeness (QED) is 0.730. The molecule has 116 valence electrons. The zero-order chi connectivity index (χ0) is 16.0. The van der Waals surface area contributed by atoms with E-state index in [9.17, 15) is 9.18 Å². The van der Waals surface area contributed by atoms with Gasteiger partial charge in [0, 0.05) is 17.7 Å². The van der Waals surface area contributed by atoms with Crippen molar-refractivity contribution in [3.63, 3.8) is 0 Å². The smallest absolute Gasteiger partial charge is 0.157 e. The first-order chi connectivity index (χ1) is 11.1. The molecule has 23 heavy (non-hydrogen) atoms. The molecular weight excluding hydrogens is 317 g/mol. The van der Waals surface area contributed by atoms with Crippen LogP contribution in [0, 0.1) is 11.7 Å². The zero-order valence-electron chi connectivity index (χ0n) is 12.2. The minimum absolute atomic E-state index is 0.0695. The van der Waals surface area contributed by atoms with Gasteiger partial charge in [0.15, 0.2) is 5.78 Å². The predicted octanol–water partition coefficient (Wildman–Crippen LogP) is 3.87. The number of Topliss-reactive ketones (excluding diaryl/α,β-unsaturated/α-hetero) is 1. The number of rotatable bonds is 4. The Morgan fingerprint density at radius 2 is 2.09 bits per heavy atom. The fourth-order valence-electron chi connectivity index (χ4n) is 2.60. The molecule has 3 aromatic rings. The van der Waals surface area contributed by atoms with Crippen molar-refractivity contribution in [1.82, 2.24) is 14.8 Å². The van der Waals surface area contributed by atoms with E-state index in [-0.39, 0.29) is 23.3 Å². The van der Waals surface area contributed by atoms with Gasteiger partial charge in [-0.15, -0.1) is 0 Å². The average Bonchev–Trinajstić information content (AvgIpc) is 3.33. The Labute approximate surface area is 136 Å². The van der Waals surface area contributed by atoms with Gasteiger partial charge in [-0.25, -0.2) is 4.39 Å². The third-order valence-corrected chi connectivity index (χ3v) is 4.38. The number of aromatic nitrogens is 3. The molecule has 1 aromatic carbocycles. The summed E-state index contributed by atoms with van der Waals surface area (Å²) in [4.78, 5) is 16.4. The van der Waals surface area contributed by atoms with Gasteiger partial charge >= 0.3 is 0 Å². The number of fused-ring (bicyclic) bond motifs is 1. The molecule has 6 heteroatoms. The Balaban J connectivity index is 1.73. The number of hydrogen-bond acceptors (Lipinski definition) is 3. The molecule has 1 aliphatic carbocycles. The third-order valence-electron chi connectivity index (χ3n) is 4.09. The molecule has 0 aliphatic heterocycles. The lowest BCUT2D eigenvalue weighted by Gasteiger charge is -2.05. The van der Waals surface area contributed by atoms with Crippen LogP contribution in [0.2, 0.25) is 5.02 Å². The maximum Gasteiger partial charge on any atom is 0.157 e. The molecule has 1 aliphatic rings. The highest BCUT2D eigenvalue weighted by Crippen LogP contribution is 2.31. The minimum atomic E-state index is -0.454. The van der Waals surface area contributed by atoms with Crippen LogP contribution >= 0.6 is 11.6 Å². The van der Waals surface area contributed by atoms with Crippen LogP contribution in [0.25, 0.3) is 22.2 Å². The highest BCUT2D eigenvalue weighted by atomic mass is 35.5. The van der Waals surface area contributed by atoms with E-state index in [1.165, 1.54) is 6.07 Å². The van der Waals surface area contributed by atoms with Crippen molar-refractivity contribution < 1.29 is 9.18 Å². The summed E-state index contributed by atoms with van der Waals surface area (Å²) in [5.41, 5.74) is 3.09. The second-order valence-corrected chi connectivity index (χ2v) is 6.21. The lowest BCUT2D eigenvalue weighted by molar-refractivity contribution is -0.120. The second kappa shape index (κ2) is 5.42. The van der Waals surface area contributed by atoms with Crippen LogP contribution in [0.5, 0.6) is 0 Å². The number of ketones is 1. The van der Waals surface area contributed by atoms with Crippen LogP contribution in [-0.2, 0) is 11.3 Å². The molecule has 4 rings (SSSR count). The molecule has 0 spiro atoms. The largest absolute Gasteiger partial charge is 0.297 e. The highest BCUT2D eigenvalue weighted by molar-refractivity contribution is 6.31. The van der Waals surface area contributed by atoms with E-state index in [1.54, 1.807) is 29.2 Å². The van der Waals surface area contributed by atoms with Gasteiger partial charge in [-0.2, -0.15) is 5.10 Å². The Kier molecular flexibility index (Phi) is 3.38. The molecule has 1 saturated carbocycles. The fourth-order valence-corrected chi connectivity index (χ4v) is 2.78. The average molecular weight is 330 g/mol. The first-order valence-electron chi connectivity index (χ1n) is 7.41. The maximum atomic E-state index is 13.3. The summed E-state index contributed by atoms with van der Waals surface area (Å²) >= 11 is 5.85. The van der Waals surface area contributed by atoms with E-state index in [0.717, 1.165) is 35.0 Å². The van der Waals surface area contributed by atoms with Crippen molar-refractivity contribution in [1.29, 1.82) is 0 Å². The summed E-state index contributed by atoms with van der Waals surface area (Å²) in [6, 6.07) is 6.45. The van der Waals surface area contributed by atoms with Gasteiger partial charge in [0.25, 0.3) is 0 Å². The SMILES string of the molecule is O=C(Cn1ncc2ncc(-c3ccc(F)c(Cl)c3)cc21)C1CC1. The summed E-state index contributed by atoms with van der Waals surface area (Å²) in [5, 5.41) is 4.33. The maximum absolute atomic E-state index is 13.3. The predicted molar refractivity (Wildman–Crippen MR) is 85.7 cm³/mol. The second-order valence-electron chi connectivity index (χ2n) is 5.80. The number of halogens is 2. The number of nitrogens with zero attached hydrogens (tertiary/aromatic N) is 3. The lowest BCUT2D eigenvalue weighted by Crippen LogP contribution is -2.12. The first-order valence-corrected chi connectivity index (χ1v) is 7.79. The number of benzene rings is 1. The molecule has 0 amide bonds. The van der Waals surface area contributed by atoms with Crippen molar-refractivity contribution in [3.8, 4) is 11.1 Å². The van der Waals surface area contributed by atoms with Gasteiger partial charge in [-0.05, 0) is 36.6 Å². The number of pyridine rings is 1. The molecule has 1 fully saturated rings. The number of carbonyl (C=O) groups excluding carboxylic acids is 1. The topological polar surface area (TPSA) is 47.8 Å². The van der Waals surface area contributed by atoms with Crippen molar-refractivity contribution >= 4 is 28.4 Å². The van der Waals surface area contributed by atoms with Crippen LogP contribution in [0.3, 0.4) is 0 Å². The Hall–Kier alpha value is -2.27. The highest BCUT2D eigenvalue weighted by Gasteiger charge is 2.29. The lowest BCUT2D eigenvalue weighted by atomic mass is 10.1. The summed E-state index contributed by atoms with van der Waals surface area (Å²) in [7, 11) is 0. The summed E-state index contributed by atoms with van der Waals surface area (Å²) in [5.74, 6) is -0.0453. The molecule has 4 nitrogen and oxygen atoms in total. The fraction of sp³-hybridized carbons (Fsp3) is 0.235. The van der Waals surface area contributed by atoms with E-state index in [2.05, 4.69) is 10.1 Å². The number of hydrogen-bond donors (Lipinski definition) is 0. The van der Waals surface area contributed by atoms with Gasteiger partial charge in [-0.3, -0.25) is 14.5 Å². The van der Waals surface area contributed by atoms with Gasteiger partial charge in [0.05, 0.1) is 16.7 Å². The molecule has 0 atom stereocenters. The van der Waals surface area contributed by atoms with Gasteiger partial charge in [0.2, 0.25) is 0 Å². The molecule has 0 radical (unpaired) electrons. The van der Waals surface area contributed by atoms with Crippen molar-refractivity contribution in [2.45, 2.75) is 19.4 Å². The van der Waals surface area contributed by atoms with Crippen LogP contribution in [-0.4, -0.2) is 20.5 Å². The standard InChI is InChI=1S/C17H13ClFN3O/c18-13-5-11(3-4-14(13)19)12-6-16-15(20-7-12)8-21-22(16)9-17(23)10-1-2-10/h3-8,10H,1-2,9H2. The Morgan fingerprint density at radius 3 is 2.83 bits per heavy atom. The van der Waals surface area contributed by atoms with Crippen molar-refractivity contribution in [2.24, 2.45) is 5.92 Å².